The van der Waals surface area contributed by atoms with Crippen LogP contribution in [-0.2, 0) is 17.8 Å². The molecule has 140 valence electrons. The van der Waals surface area contributed by atoms with Gasteiger partial charge in [0.05, 0.1) is 0 Å². The lowest BCUT2D eigenvalue weighted by Gasteiger charge is -2.22. The second-order valence-electron chi connectivity index (χ2n) is 6.32. The number of carbonyl (C=O) groups excluding carboxylic acids is 1. The number of hydrogen-bond donors (Lipinski definition) is 1. The van der Waals surface area contributed by atoms with E-state index in [0.29, 0.717) is 29.8 Å². The molecule has 0 radical (unpaired) electrons. The summed E-state index contributed by atoms with van der Waals surface area (Å²) >= 11 is 0. The minimum atomic E-state index is -0.421. The first-order valence-electron chi connectivity index (χ1n) is 8.63. The van der Waals surface area contributed by atoms with Gasteiger partial charge in [-0.1, -0.05) is 24.3 Å². The van der Waals surface area contributed by atoms with Gasteiger partial charge in [0.25, 0.3) is 5.56 Å². The van der Waals surface area contributed by atoms with Crippen molar-refractivity contribution in [3.8, 4) is 6.07 Å². The van der Waals surface area contributed by atoms with Crippen molar-refractivity contribution < 1.29 is 9.18 Å². The number of H-pyrrole nitrogens is 1. The van der Waals surface area contributed by atoms with Crippen molar-refractivity contribution in [3.05, 3.63) is 81.0 Å². The van der Waals surface area contributed by atoms with Crippen LogP contribution in [0, 0.1) is 31.0 Å². The van der Waals surface area contributed by atoms with Gasteiger partial charge in [-0.05, 0) is 37.5 Å². The first-order chi connectivity index (χ1) is 12.9. The molecule has 1 N–H and O–H groups in total. The van der Waals surface area contributed by atoms with Gasteiger partial charge in [-0.3, -0.25) is 9.59 Å². The van der Waals surface area contributed by atoms with Crippen molar-refractivity contribution in [1.29, 1.82) is 5.26 Å². The Morgan fingerprint density at radius 2 is 2.07 bits per heavy atom. The molecule has 27 heavy (non-hydrogen) atoms. The van der Waals surface area contributed by atoms with Crippen molar-refractivity contribution in [3.63, 3.8) is 0 Å². The van der Waals surface area contributed by atoms with Crippen LogP contribution >= 0.6 is 0 Å². The lowest BCUT2D eigenvalue weighted by molar-refractivity contribution is -0.131. The maximum Gasteiger partial charge on any atom is 0.266 e. The molecule has 0 saturated heterocycles. The van der Waals surface area contributed by atoms with Gasteiger partial charge in [-0.15, -0.1) is 6.58 Å². The second-order valence-corrected chi connectivity index (χ2v) is 6.32. The number of benzene rings is 1. The summed E-state index contributed by atoms with van der Waals surface area (Å²) in [5, 5.41) is 9.15. The highest BCUT2D eigenvalue weighted by Gasteiger charge is 2.17. The summed E-state index contributed by atoms with van der Waals surface area (Å²) in [4.78, 5) is 28.7. The Morgan fingerprint density at radius 1 is 1.37 bits per heavy atom. The average molecular weight is 367 g/mol. The number of aromatic nitrogens is 1. The Kier molecular flexibility index (Phi) is 6.67. The molecule has 0 saturated carbocycles. The molecule has 2 rings (SSSR count). The standard InChI is InChI=1S/C21H22FN3O2/c1-4-11-25(13-16-7-5-6-8-19(16)22)20(26)10-9-17-14(2)18(12-23)21(27)24-15(17)3/h4-8H,1,9-11,13H2,2-3H3,(H,24,27). The van der Waals surface area contributed by atoms with Gasteiger partial charge >= 0.3 is 0 Å². The van der Waals surface area contributed by atoms with Crippen LogP contribution in [0.25, 0.3) is 0 Å². The maximum absolute atomic E-state index is 13.9. The number of pyridine rings is 1. The third kappa shape index (κ3) is 4.70. The molecular weight excluding hydrogens is 345 g/mol. The number of nitrogens with zero attached hydrogens (tertiary/aromatic N) is 2. The average Bonchev–Trinajstić information content (AvgIpc) is 2.62. The minimum Gasteiger partial charge on any atom is -0.335 e. The summed E-state index contributed by atoms with van der Waals surface area (Å²) in [6, 6.07) is 8.25. The number of aryl methyl sites for hydroxylation is 1. The van der Waals surface area contributed by atoms with E-state index in [2.05, 4.69) is 11.6 Å². The molecule has 1 heterocycles. The van der Waals surface area contributed by atoms with Crippen LogP contribution in [-0.4, -0.2) is 22.3 Å². The van der Waals surface area contributed by atoms with Crippen molar-refractivity contribution in [2.45, 2.75) is 33.2 Å². The summed E-state index contributed by atoms with van der Waals surface area (Å²) in [6.07, 6.45) is 2.16. The van der Waals surface area contributed by atoms with E-state index in [1.807, 2.05) is 6.07 Å². The normalized spacial score (nSPS) is 10.3. The second kappa shape index (κ2) is 8.95. The van der Waals surface area contributed by atoms with Crippen LogP contribution in [0.15, 0.2) is 41.7 Å². The zero-order chi connectivity index (χ0) is 20.0. The van der Waals surface area contributed by atoms with E-state index in [9.17, 15) is 14.0 Å². The molecule has 1 aromatic carbocycles. The number of rotatable bonds is 7. The Bertz CT molecular complexity index is 957. The van der Waals surface area contributed by atoms with E-state index in [0.717, 1.165) is 5.56 Å². The van der Waals surface area contributed by atoms with Gasteiger partial charge in [-0.25, -0.2) is 4.39 Å². The maximum atomic E-state index is 13.9. The molecule has 0 bridgehead atoms. The van der Waals surface area contributed by atoms with Crippen LogP contribution in [0.1, 0.15) is 34.4 Å². The Morgan fingerprint density at radius 3 is 2.70 bits per heavy atom. The molecule has 6 heteroatoms. The molecule has 0 aliphatic carbocycles. The Balaban J connectivity index is 2.17. The molecule has 0 atom stereocenters. The van der Waals surface area contributed by atoms with Crippen LogP contribution in [0.5, 0.6) is 0 Å². The number of halogens is 1. The van der Waals surface area contributed by atoms with Gasteiger partial charge in [0.15, 0.2) is 0 Å². The molecule has 2 aromatic rings. The third-order valence-electron chi connectivity index (χ3n) is 4.53. The molecule has 0 fully saturated rings. The fraction of sp³-hybridized carbons (Fsp3) is 0.286. The topological polar surface area (TPSA) is 77.0 Å². The lowest BCUT2D eigenvalue weighted by atomic mass is 9.99. The van der Waals surface area contributed by atoms with Crippen molar-refractivity contribution in [2.24, 2.45) is 0 Å². The van der Waals surface area contributed by atoms with Gasteiger partial charge < -0.3 is 9.88 Å². The predicted octanol–water partition coefficient (Wildman–Crippen LogP) is 3.15. The van der Waals surface area contributed by atoms with Gasteiger partial charge in [0, 0.05) is 30.8 Å². The van der Waals surface area contributed by atoms with Crippen LogP contribution in [0.2, 0.25) is 0 Å². The summed E-state index contributed by atoms with van der Waals surface area (Å²) in [5.74, 6) is -0.507. The van der Waals surface area contributed by atoms with E-state index in [1.54, 1.807) is 38.1 Å². The molecule has 1 amide bonds. The zero-order valence-corrected chi connectivity index (χ0v) is 15.5. The van der Waals surface area contributed by atoms with Crippen molar-refractivity contribution in [2.75, 3.05) is 6.54 Å². The highest BCUT2D eigenvalue weighted by Crippen LogP contribution is 2.17. The first-order valence-corrected chi connectivity index (χ1v) is 8.63. The number of carbonyl (C=O) groups is 1. The SMILES string of the molecule is C=CCN(Cc1ccccc1F)C(=O)CCc1c(C)[nH]c(=O)c(C#N)c1C. The number of hydrogen-bond acceptors (Lipinski definition) is 3. The Labute approximate surface area is 157 Å². The van der Waals surface area contributed by atoms with Gasteiger partial charge in [0.2, 0.25) is 5.91 Å². The summed E-state index contributed by atoms with van der Waals surface area (Å²) in [7, 11) is 0. The fourth-order valence-electron chi connectivity index (χ4n) is 3.05. The number of nitriles is 1. The van der Waals surface area contributed by atoms with E-state index in [-0.39, 0.29) is 30.3 Å². The van der Waals surface area contributed by atoms with Gasteiger partial charge in [-0.2, -0.15) is 5.26 Å². The first kappa shape index (κ1) is 20.1. The number of nitrogens with one attached hydrogen (secondary N) is 1. The molecule has 0 aliphatic rings. The van der Waals surface area contributed by atoms with E-state index < -0.39 is 5.56 Å². The van der Waals surface area contributed by atoms with Crippen molar-refractivity contribution in [1.82, 2.24) is 9.88 Å². The van der Waals surface area contributed by atoms with Gasteiger partial charge in [0.1, 0.15) is 17.4 Å². The number of amides is 1. The van der Waals surface area contributed by atoms with Crippen LogP contribution in [0.4, 0.5) is 4.39 Å². The zero-order valence-electron chi connectivity index (χ0n) is 15.5. The highest BCUT2D eigenvalue weighted by molar-refractivity contribution is 5.76. The van der Waals surface area contributed by atoms with E-state index in [4.69, 9.17) is 5.26 Å². The quantitative estimate of drug-likeness (QED) is 0.764. The summed E-state index contributed by atoms with van der Waals surface area (Å²) in [5.41, 5.74) is 2.11. The van der Waals surface area contributed by atoms with Crippen LogP contribution in [0.3, 0.4) is 0 Å². The molecule has 5 nitrogen and oxygen atoms in total. The molecule has 1 aromatic heterocycles. The molecular formula is C21H22FN3O2. The third-order valence-corrected chi connectivity index (χ3v) is 4.53. The summed E-state index contributed by atoms with van der Waals surface area (Å²) in [6.45, 7) is 7.58. The summed E-state index contributed by atoms with van der Waals surface area (Å²) < 4.78 is 13.9. The van der Waals surface area contributed by atoms with Crippen molar-refractivity contribution >= 4 is 5.91 Å². The largest absolute Gasteiger partial charge is 0.335 e. The highest BCUT2D eigenvalue weighted by atomic mass is 19.1. The van der Waals surface area contributed by atoms with Crippen LogP contribution < -0.4 is 5.56 Å². The minimum absolute atomic E-state index is 0.0670. The molecule has 0 aliphatic heterocycles. The molecule has 0 spiro atoms. The Hall–Kier alpha value is -3.20. The van der Waals surface area contributed by atoms with E-state index in [1.165, 1.54) is 11.0 Å². The number of aromatic amines is 1. The molecule has 0 unspecified atom stereocenters. The monoisotopic (exact) mass is 367 g/mol. The van der Waals surface area contributed by atoms with E-state index >= 15 is 0 Å². The lowest BCUT2D eigenvalue weighted by Crippen LogP contribution is -2.31. The smallest absolute Gasteiger partial charge is 0.266 e. The fourth-order valence-corrected chi connectivity index (χ4v) is 3.05. The predicted molar refractivity (Wildman–Crippen MR) is 102 cm³/mol.